The van der Waals surface area contributed by atoms with Crippen molar-refractivity contribution >= 4 is 32.4 Å². The summed E-state index contributed by atoms with van der Waals surface area (Å²) in [4.78, 5) is 11.8. The van der Waals surface area contributed by atoms with Gasteiger partial charge in [0.15, 0.2) is 0 Å². The summed E-state index contributed by atoms with van der Waals surface area (Å²) < 4.78 is 26.4. The fourth-order valence-corrected chi connectivity index (χ4v) is 3.42. The minimum absolute atomic E-state index is 0.166. The fourth-order valence-electron chi connectivity index (χ4n) is 1.10. The Morgan fingerprint density at radius 3 is 2.10 bits per heavy atom. The van der Waals surface area contributed by atoms with Crippen LogP contribution in [-0.4, -0.2) is 30.1 Å². The van der Waals surface area contributed by atoms with Crippen molar-refractivity contribution < 1.29 is 13.2 Å². The van der Waals surface area contributed by atoms with E-state index in [2.05, 4.69) is 20.2 Å². The Labute approximate surface area is 123 Å². The van der Waals surface area contributed by atoms with E-state index < -0.39 is 21.0 Å². The van der Waals surface area contributed by atoms with Crippen molar-refractivity contribution in [2.75, 3.05) is 5.32 Å². The summed E-state index contributed by atoms with van der Waals surface area (Å²) >= 11 is 0.820. The third-order valence-corrected chi connectivity index (χ3v) is 4.94. The van der Waals surface area contributed by atoms with Gasteiger partial charge in [0.2, 0.25) is 15.4 Å². The van der Waals surface area contributed by atoms with E-state index in [1.165, 1.54) is 0 Å². The van der Waals surface area contributed by atoms with Gasteiger partial charge in [-0.25, -0.2) is 13.1 Å². The molecule has 0 unspecified atom stereocenters. The minimum Gasteiger partial charge on any atom is -0.300 e. The van der Waals surface area contributed by atoms with Crippen molar-refractivity contribution in [3.8, 4) is 0 Å². The highest BCUT2D eigenvalue weighted by Gasteiger charge is 2.27. The molecule has 0 spiro atoms. The summed E-state index contributed by atoms with van der Waals surface area (Å²) in [5.41, 5.74) is -1.20. The van der Waals surface area contributed by atoms with E-state index in [0.717, 1.165) is 11.3 Å². The summed E-state index contributed by atoms with van der Waals surface area (Å²) in [6.07, 6.45) is 0. The summed E-state index contributed by atoms with van der Waals surface area (Å²) in [7, 11) is -3.72. The van der Waals surface area contributed by atoms with Crippen molar-refractivity contribution in [2.45, 2.75) is 51.4 Å². The molecule has 0 bridgehead atoms. The lowest BCUT2D eigenvalue weighted by Crippen LogP contribution is -2.40. The average molecular weight is 320 g/mol. The summed E-state index contributed by atoms with van der Waals surface area (Å²) in [5, 5.41) is 10.0. The van der Waals surface area contributed by atoms with Gasteiger partial charge < -0.3 is 5.32 Å². The second-order valence-electron chi connectivity index (χ2n) is 6.43. The normalized spacial score (nSPS) is 13.3. The van der Waals surface area contributed by atoms with E-state index in [4.69, 9.17) is 0 Å². The lowest BCUT2D eigenvalue weighted by molar-refractivity contribution is -0.123. The van der Waals surface area contributed by atoms with Gasteiger partial charge in [0.05, 0.1) is 0 Å². The Kier molecular flexibility index (Phi) is 4.57. The number of carbonyl (C=O) groups is 1. The quantitative estimate of drug-likeness (QED) is 0.824. The molecule has 0 aromatic carbocycles. The molecule has 1 aromatic heterocycles. The number of rotatable bonds is 3. The Bertz CT molecular complexity index is 594. The number of aromatic nitrogens is 2. The molecule has 0 aliphatic heterocycles. The van der Waals surface area contributed by atoms with E-state index in [1.807, 2.05) is 0 Å². The average Bonchev–Trinajstić information content (AvgIpc) is 2.61. The highest BCUT2D eigenvalue weighted by atomic mass is 32.2. The van der Waals surface area contributed by atoms with Gasteiger partial charge >= 0.3 is 0 Å². The van der Waals surface area contributed by atoms with E-state index >= 15 is 0 Å². The number of amides is 1. The lowest BCUT2D eigenvalue weighted by atomic mass is 9.96. The van der Waals surface area contributed by atoms with E-state index in [0.29, 0.717) is 0 Å². The van der Waals surface area contributed by atoms with Crippen LogP contribution in [0.2, 0.25) is 0 Å². The second kappa shape index (κ2) is 5.38. The number of sulfonamides is 1. The molecule has 0 aliphatic rings. The number of carbonyl (C=O) groups excluding carboxylic acids is 1. The highest BCUT2D eigenvalue weighted by molar-refractivity contribution is 7.91. The molecule has 1 amide bonds. The third kappa shape index (κ3) is 4.80. The zero-order valence-electron chi connectivity index (χ0n) is 12.4. The molecule has 0 atom stereocenters. The predicted molar refractivity (Wildman–Crippen MR) is 78.1 cm³/mol. The van der Waals surface area contributed by atoms with Gasteiger partial charge in [0.1, 0.15) is 0 Å². The molecule has 2 N–H and O–H groups in total. The fraction of sp³-hybridized carbons (Fsp3) is 0.727. The SMILES string of the molecule is CC(C)(C)NS(=O)(=O)c1nnc(NC(=O)C(C)(C)C)s1. The van der Waals surface area contributed by atoms with E-state index in [-0.39, 0.29) is 15.4 Å². The Morgan fingerprint density at radius 1 is 1.10 bits per heavy atom. The standard InChI is InChI=1S/C11H20N4O3S2/c1-10(2,3)7(16)12-8-13-14-9(19-8)20(17,18)15-11(4,5)6/h15H,1-6H3,(H,12,13,16). The molecule has 0 aliphatic carbocycles. The molecule has 0 fully saturated rings. The second-order valence-corrected chi connectivity index (χ2v) is 9.27. The molecule has 9 heteroatoms. The van der Waals surface area contributed by atoms with Crippen molar-refractivity contribution in [1.82, 2.24) is 14.9 Å². The van der Waals surface area contributed by atoms with Crippen LogP contribution in [-0.2, 0) is 14.8 Å². The molecule has 1 heterocycles. The molecule has 0 radical (unpaired) electrons. The smallest absolute Gasteiger partial charge is 0.270 e. The molecule has 0 saturated carbocycles. The number of hydrogen-bond acceptors (Lipinski definition) is 6. The van der Waals surface area contributed by atoms with Gasteiger partial charge in [-0.3, -0.25) is 4.79 Å². The number of nitrogens with zero attached hydrogens (tertiary/aromatic N) is 2. The van der Waals surface area contributed by atoms with Gasteiger partial charge in [-0.1, -0.05) is 32.1 Å². The third-order valence-electron chi connectivity index (χ3n) is 1.98. The number of hydrogen-bond donors (Lipinski definition) is 2. The van der Waals surface area contributed by atoms with Gasteiger partial charge in [-0.15, -0.1) is 10.2 Å². The molecule has 20 heavy (non-hydrogen) atoms. The first-order valence-corrected chi connectivity index (χ1v) is 8.30. The molecular formula is C11H20N4O3S2. The van der Waals surface area contributed by atoms with Crippen LogP contribution in [0, 0.1) is 5.41 Å². The van der Waals surface area contributed by atoms with Crippen molar-refractivity contribution in [1.29, 1.82) is 0 Å². The summed E-state index contributed by atoms with van der Waals surface area (Å²) in [6.45, 7) is 10.4. The predicted octanol–water partition coefficient (Wildman–Crippen LogP) is 1.60. The molecule has 114 valence electrons. The topological polar surface area (TPSA) is 101 Å². The molecule has 0 saturated heterocycles. The Hall–Kier alpha value is -1.06. The zero-order chi connectivity index (χ0) is 15.8. The molecule has 1 rings (SSSR count). The molecule has 1 aromatic rings. The van der Waals surface area contributed by atoms with Gasteiger partial charge in [0.25, 0.3) is 10.0 Å². The lowest BCUT2D eigenvalue weighted by Gasteiger charge is -2.18. The van der Waals surface area contributed by atoms with Crippen molar-refractivity contribution in [3.63, 3.8) is 0 Å². The monoisotopic (exact) mass is 320 g/mol. The van der Waals surface area contributed by atoms with E-state index in [1.54, 1.807) is 41.5 Å². The molecule has 7 nitrogen and oxygen atoms in total. The summed E-state index contributed by atoms with van der Waals surface area (Å²) in [6, 6.07) is 0. The van der Waals surface area contributed by atoms with Crippen LogP contribution < -0.4 is 10.0 Å². The van der Waals surface area contributed by atoms with Crippen molar-refractivity contribution in [3.05, 3.63) is 0 Å². The zero-order valence-corrected chi connectivity index (χ0v) is 14.1. The van der Waals surface area contributed by atoms with Gasteiger partial charge in [-0.05, 0) is 20.8 Å². The van der Waals surface area contributed by atoms with Gasteiger partial charge in [0, 0.05) is 11.0 Å². The number of anilines is 1. The van der Waals surface area contributed by atoms with Crippen LogP contribution in [0.3, 0.4) is 0 Å². The Balaban J connectivity index is 2.91. The minimum atomic E-state index is -3.72. The molecular weight excluding hydrogens is 300 g/mol. The van der Waals surface area contributed by atoms with Crippen LogP contribution in [0.5, 0.6) is 0 Å². The van der Waals surface area contributed by atoms with E-state index in [9.17, 15) is 13.2 Å². The first-order valence-electron chi connectivity index (χ1n) is 6.00. The maximum Gasteiger partial charge on any atom is 0.270 e. The highest BCUT2D eigenvalue weighted by Crippen LogP contribution is 2.23. The first-order chi connectivity index (χ1) is 8.81. The van der Waals surface area contributed by atoms with Crippen LogP contribution in [0.25, 0.3) is 0 Å². The Morgan fingerprint density at radius 2 is 1.65 bits per heavy atom. The van der Waals surface area contributed by atoms with Crippen LogP contribution in [0.1, 0.15) is 41.5 Å². The van der Waals surface area contributed by atoms with Crippen LogP contribution in [0.4, 0.5) is 5.13 Å². The largest absolute Gasteiger partial charge is 0.300 e. The van der Waals surface area contributed by atoms with Crippen molar-refractivity contribution in [2.24, 2.45) is 5.41 Å². The van der Waals surface area contributed by atoms with Crippen LogP contribution in [0.15, 0.2) is 4.34 Å². The first kappa shape index (κ1) is 17.0. The van der Waals surface area contributed by atoms with Gasteiger partial charge in [-0.2, -0.15) is 0 Å². The summed E-state index contributed by atoms with van der Waals surface area (Å²) in [5.74, 6) is -0.249. The number of nitrogens with one attached hydrogen (secondary N) is 2. The van der Waals surface area contributed by atoms with Crippen LogP contribution >= 0.6 is 11.3 Å². The maximum absolute atomic E-state index is 12.0. The maximum atomic E-state index is 12.0.